The van der Waals surface area contributed by atoms with Crippen molar-refractivity contribution in [2.45, 2.75) is 70.5 Å². The van der Waals surface area contributed by atoms with Gasteiger partial charge in [0.2, 0.25) is 0 Å². The Morgan fingerprint density at radius 3 is 2.75 bits per heavy atom. The number of rotatable bonds is 3. The van der Waals surface area contributed by atoms with E-state index in [2.05, 4.69) is 31.1 Å². The summed E-state index contributed by atoms with van der Waals surface area (Å²) in [6.45, 7) is 5.98. The van der Waals surface area contributed by atoms with Gasteiger partial charge in [-0.1, -0.05) is 19.8 Å². The van der Waals surface area contributed by atoms with E-state index < -0.39 is 0 Å². The zero-order chi connectivity index (χ0) is 11.5. The molecule has 0 amide bonds. The van der Waals surface area contributed by atoms with Crippen LogP contribution in [0.25, 0.3) is 0 Å². The second-order valence-electron chi connectivity index (χ2n) is 5.92. The van der Waals surface area contributed by atoms with Gasteiger partial charge in [0.05, 0.1) is 0 Å². The molecule has 2 aliphatic rings. The molecule has 2 nitrogen and oxygen atoms in total. The molecule has 4 unspecified atom stereocenters. The smallest absolute Gasteiger partial charge is 0.00978 e. The second-order valence-corrected chi connectivity index (χ2v) is 5.92. The van der Waals surface area contributed by atoms with Crippen molar-refractivity contribution in [1.29, 1.82) is 0 Å². The molecule has 2 fully saturated rings. The van der Waals surface area contributed by atoms with Crippen LogP contribution in [0.15, 0.2) is 0 Å². The van der Waals surface area contributed by atoms with Gasteiger partial charge >= 0.3 is 0 Å². The molecule has 16 heavy (non-hydrogen) atoms. The maximum absolute atomic E-state index is 3.94. The van der Waals surface area contributed by atoms with E-state index >= 15 is 0 Å². The molecule has 1 N–H and O–H groups in total. The van der Waals surface area contributed by atoms with Crippen LogP contribution in [0, 0.1) is 5.92 Å². The Morgan fingerprint density at radius 1 is 1.25 bits per heavy atom. The fraction of sp³-hybridized carbons (Fsp3) is 1.00. The van der Waals surface area contributed by atoms with Gasteiger partial charge in [0.1, 0.15) is 0 Å². The Labute approximate surface area is 101 Å². The van der Waals surface area contributed by atoms with E-state index in [0.717, 1.165) is 24.0 Å². The van der Waals surface area contributed by atoms with E-state index in [-0.39, 0.29) is 0 Å². The highest BCUT2D eigenvalue weighted by molar-refractivity contribution is 4.88. The number of nitrogens with zero attached hydrogens (tertiary/aromatic N) is 1. The minimum Gasteiger partial charge on any atom is -0.311 e. The summed E-state index contributed by atoms with van der Waals surface area (Å²) < 4.78 is 0. The SMILES string of the molecule is CCC1CCCC1NC1CCN(C)C(C)C1. The molecule has 94 valence electrons. The fourth-order valence-corrected chi connectivity index (χ4v) is 3.49. The number of hydrogen-bond donors (Lipinski definition) is 1. The van der Waals surface area contributed by atoms with E-state index in [1.807, 2.05) is 0 Å². The lowest BCUT2D eigenvalue weighted by Gasteiger charge is -2.37. The average molecular weight is 224 g/mol. The Hall–Kier alpha value is -0.0800. The summed E-state index contributed by atoms with van der Waals surface area (Å²) in [5, 5.41) is 3.94. The number of piperidine rings is 1. The summed E-state index contributed by atoms with van der Waals surface area (Å²) in [6, 6.07) is 2.36. The lowest BCUT2D eigenvalue weighted by atomic mass is 9.95. The monoisotopic (exact) mass is 224 g/mol. The van der Waals surface area contributed by atoms with Crippen LogP contribution in [0.1, 0.15) is 52.4 Å². The molecule has 0 aromatic carbocycles. The van der Waals surface area contributed by atoms with Gasteiger partial charge in [0.25, 0.3) is 0 Å². The molecule has 1 aliphatic carbocycles. The molecule has 0 aromatic rings. The normalized spacial score (nSPS) is 41.4. The minimum absolute atomic E-state index is 0.757. The van der Waals surface area contributed by atoms with Crippen molar-refractivity contribution >= 4 is 0 Å². The maximum atomic E-state index is 3.94. The van der Waals surface area contributed by atoms with E-state index in [0.29, 0.717) is 0 Å². The Morgan fingerprint density at radius 2 is 2.06 bits per heavy atom. The summed E-state index contributed by atoms with van der Waals surface area (Å²) in [4.78, 5) is 2.49. The van der Waals surface area contributed by atoms with Gasteiger partial charge in [-0.3, -0.25) is 0 Å². The fourth-order valence-electron chi connectivity index (χ4n) is 3.49. The number of nitrogens with one attached hydrogen (secondary N) is 1. The van der Waals surface area contributed by atoms with Crippen LogP contribution in [-0.2, 0) is 0 Å². The van der Waals surface area contributed by atoms with Crippen LogP contribution < -0.4 is 5.32 Å². The summed E-state index contributed by atoms with van der Waals surface area (Å²) >= 11 is 0. The minimum atomic E-state index is 0.757. The molecule has 4 atom stereocenters. The summed E-state index contributed by atoms with van der Waals surface area (Å²) in [5.41, 5.74) is 0. The molecule has 1 saturated carbocycles. The highest BCUT2D eigenvalue weighted by Crippen LogP contribution is 2.29. The molecule has 2 rings (SSSR count). The quantitative estimate of drug-likeness (QED) is 0.793. The largest absolute Gasteiger partial charge is 0.311 e. The van der Waals surface area contributed by atoms with Gasteiger partial charge in [-0.05, 0) is 52.1 Å². The Kier molecular flexibility index (Phi) is 4.26. The van der Waals surface area contributed by atoms with Gasteiger partial charge in [-0.2, -0.15) is 0 Å². The molecular formula is C14H28N2. The highest BCUT2D eigenvalue weighted by Gasteiger charge is 2.30. The van der Waals surface area contributed by atoms with Crippen LogP contribution in [0.3, 0.4) is 0 Å². The van der Waals surface area contributed by atoms with Crippen LogP contribution in [0.4, 0.5) is 0 Å². The number of hydrogen-bond acceptors (Lipinski definition) is 2. The van der Waals surface area contributed by atoms with E-state index in [1.165, 1.54) is 45.1 Å². The lowest BCUT2D eigenvalue weighted by Crippen LogP contribution is -2.49. The van der Waals surface area contributed by atoms with Crippen LogP contribution in [0.5, 0.6) is 0 Å². The van der Waals surface area contributed by atoms with Crippen molar-refractivity contribution in [3.8, 4) is 0 Å². The first-order chi connectivity index (χ1) is 7.70. The van der Waals surface area contributed by atoms with Crippen molar-refractivity contribution < 1.29 is 0 Å². The van der Waals surface area contributed by atoms with Gasteiger partial charge in [0.15, 0.2) is 0 Å². The van der Waals surface area contributed by atoms with Crippen LogP contribution >= 0.6 is 0 Å². The third kappa shape index (κ3) is 2.78. The molecule has 1 heterocycles. The molecule has 1 saturated heterocycles. The molecule has 0 bridgehead atoms. The third-order valence-electron chi connectivity index (χ3n) is 4.84. The summed E-state index contributed by atoms with van der Waals surface area (Å²) in [7, 11) is 2.26. The van der Waals surface area contributed by atoms with Gasteiger partial charge in [-0.25, -0.2) is 0 Å². The molecular weight excluding hydrogens is 196 g/mol. The molecule has 0 radical (unpaired) electrons. The number of likely N-dealkylation sites (tertiary alicyclic amines) is 1. The summed E-state index contributed by atoms with van der Waals surface area (Å²) in [6.07, 6.45) is 8.35. The Bertz CT molecular complexity index is 217. The zero-order valence-corrected chi connectivity index (χ0v) is 11.2. The molecule has 0 spiro atoms. The van der Waals surface area contributed by atoms with Crippen molar-refractivity contribution in [3.05, 3.63) is 0 Å². The lowest BCUT2D eigenvalue weighted by molar-refractivity contribution is 0.157. The van der Waals surface area contributed by atoms with E-state index in [1.54, 1.807) is 0 Å². The first-order valence-electron chi connectivity index (χ1n) is 7.17. The Balaban J connectivity index is 1.81. The van der Waals surface area contributed by atoms with Gasteiger partial charge in [0, 0.05) is 18.1 Å². The topological polar surface area (TPSA) is 15.3 Å². The van der Waals surface area contributed by atoms with E-state index in [9.17, 15) is 0 Å². The predicted octanol–water partition coefficient (Wildman–Crippen LogP) is 2.64. The van der Waals surface area contributed by atoms with Crippen molar-refractivity contribution in [1.82, 2.24) is 10.2 Å². The van der Waals surface area contributed by atoms with Crippen LogP contribution in [-0.4, -0.2) is 36.6 Å². The third-order valence-corrected chi connectivity index (χ3v) is 4.84. The standard InChI is InChI=1S/C14H28N2/c1-4-12-6-5-7-14(12)15-13-8-9-16(3)11(2)10-13/h11-15H,4-10H2,1-3H3. The van der Waals surface area contributed by atoms with Crippen LogP contribution in [0.2, 0.25) is 0 Å². The van der Waals surface area contributed by atoms with Crippen molar-refractivity contribution in [3.63, 3.8) is 0 Å². The van der Waals surface area contributed by atoms with Gasteiger partial charge < -0.3 is 10.2 Å². The molecule has 2 heteroatoms. The van der Waals surface area contributed by atoms with Gasteiger partial charge in [-0.15, -0.1) is 0 Å². The molecule has 0 aromatic heterocycles. The molecule has 1 aliphatic heterocycles. The second kappa shape index (κ2) is 5.50. The summed E-state index contributed by atoms with van der Waals surface area (Å²) in [5.74, 6) is 0.954. The predicted molar refractivity (Wildman–Crippen MR) is 69.7 cm³/mol. The van der Waals surface area contributed by atoms with E-state index in [4.69, 9.17) is 0 Å². The van der Waals surface area contributed by atoms with Crippen molar-refractivity contribution in [2.75, 3.05) is 13.6 Å². The maximum Gasteiger partial charge on any atom is 0.00978 e. The first-order valence-corrected chi connectivity index (χ1v) is 7.17. The zero-order valence-electron chi connectivity index (χ0n) is 11.2. The highest BCUT2D eigenvalue weighted by atomic mass is 15.1. The van der Waals surface area contributed by atoms with Crippen molar-refractivity contribution in [2.24, 2.45) is 5.92 Å². The first kappa shape index (κ1) is 12.4. The average Bonchev–Trinajstić information content (AvgIpc) is 2.71.